The van der Waals surface area contributed by atoms with Crippen molar-refractivity contribution < 1.29 is 18.1 Å². The van der Waals surface area contributed by atoms with E-state index in [-0.39, 0.29) is 35.4 Å². The molecular weight excluding hydrogens is 304 g/mol. The van der Waals surface area contributed by atoms with Gasteiger partial charge in [-0.05, 0) is 37.5 Å². The second-order valence-corrected chi connectivity index (χ2v) is 7.81. The topological polar surface area (TPSA) is 59.2 Å². The zero-order valence-electron chi connectivity index (χ0n) is 13.3. The lowest BCUT2D eigenvalue weighted by Gasteiger charge is -2.38. The molecular formula is C16H21F2N3O2. The van der Waals surface area contributed by atoms with Gasteiger partial charge in [0.2, 0.25) is 11.8 Å². The van der Waals surface area contributed by atoms with E-state index in [4.69, 9.17) is 4.52 Å². The standard InChI is InChI=1S/C16H21F2N3O2/c1-14(2-3-14)13-19-11(20-23-13)12(22)21-8-6-15(7-9-21)4-5-16(17,18)10-15/h2-10H2,1H3. The van der Waals surface area contributed by atoms with E-state index in [0.717, 1.165) is 12.8 Å². The fourth-order valence-electron chi connectivity index (χ4n) is 3.88. The second-order valence-electron chi connectivity index (χ2n) is 7.81. The highest BCUT2D eigenvalue weighted by Gasteiger charge is 2.51. The Bertz CT molecular complexity index is 631. The monoisotopic (exact) mass is 325 g/mol. The molecule has 0 radical (unpaired) electrons. The van der Waals surface area contributed by atoms with Gasteiger partial charge in [-0.15, -0.1) is 0 Å². The lowest BCUT2D eigenvalue weighted by atomic mass is 9.77. The third-order valence-corrected chi connectivity index (χ3v) is 5.90. The minimum Gasteiger partial charge on any atom is -0.338 e. The number of amides is 1. The van der Waals surface area contributed by atoms with E-state index in [1.807, 2.05) is 6.92 Å². The molecule has 0 aromatic carbocycles. The van der Waals surface area contributed by atoms with E-state index in [1.54, 1.807) is 4.90 Å². The van der Waals surface area contributed by atoms with E-state index >= 15 is 0 Å². The Hall–Kier alpha value is -1.53. The van der Waals surface area contributed by atoms with Crippen LogP contribution in [0.2, 0.25) is 0 Å². The number of halogens is 2. The predicted octanol–water partition coefficient (Wildman–Crippen LogP) is 3.16. The first-order valence-electron chi connectivity index (χ1n) is 8.32. The molecule has 1 spiro atoms. The van der Waals surface area contributed by atoms with E-state index in [2.05, 4.69) is 10.1 Å². The van der Waals surface area contributed by atoms with E-state index in [1.165, 1.54) is 0 Å². The summed E-state index contributed by atoms with van der Waals surface area (Å²) >= 11 is 0. The maximum Gasteiger partial charge on any atom is 0.295 e. The molecule has 5 nitrogen and oxygen atoms in total. The fraction of sp³-hybridized carbons (Fsp3) is 0.812. The van der Waals surface area contributed by atoms with Gasteiger partial charge >= 0.3 is 0 Å². The molecule has 0 atom stereocenters. The first kappa shape index (κ1) is 15.0. The summed E-state index contributed by atoms with van der Waals surface area (Å²) in [7, 11) is 0. The first-order valence-corrected chi connectivity index (χ1v) is 8.32. The summed E-state index contributed by atoms with van der Waals surface area (Å²) in [6.45, 7) is 3.03. The fourth-order valence-corrected chi connectivity index (χ4v) is 3.88. The van der Waals surface area contributed by atoms with Crippen LogP contribution in [0, 0.1) is 5.41 Å². The van der Waals surface area contributed by atoms with Crippen LogP contribution in [-0.4, -0.2) is 40.0 Å². The molecule has 1 aromatic heterocycles. The summed E-state index contributed by atoms with van der Waals surface area (Å²) in [5, 5.41) is 3.81. The van der Waals surface area contributed by atoms with Crippen molar-refractivity contribution in [1.82, 2.24) is 15.0 Å². The molecule has 126 valence electrons. The Morgan fingerprint density at radius 3 is 2.39 bits per heavy atom. The number of carbonyl (C=O) groups is 1. The number of likely N-dealkylation sites (tertiary alicyclic amines) is 1. The summed E-state index contributed by atoms with van der Waals surface area (Å²) in [6, 6.07) is 0. The first-order chi connectivity index (χ1) is 10.8. The average Bonchev–Trinajstić information content (AvgIpc) is 2.97. The van der Waals surface area contributed by atoms with Gasteiger partial charge in [0.1, 0.15) is 0 Å². The molecule has 4 rings (SSSR count). The highest BCUT2D eigenvalue weighted by Crippen LogP contribution is 2.53. The van der Waals surface area contributed by atoms with E-state index in [0.29, 0.717) is 38.2 Å². The van der Waals surface area contributed by atoms with E-state index in [9.17, 15) is 13.6 Å². The van der Waals surface area contributed by atoms with Crippen molar-refractivity contribution in [2.24, 2.45) is 5.41 Å². The van der Waals surface area contributed by atoms with Gasteiger partial charge in [0.25, 0.3) is 11.7 Å². The number of piperidine rings is 1. The van der Waals surface area contributed by atoms with Crippen LogP contribution in [0.5, 0.6) is 0 Å². The normalized spacial score (nSPS) is 27.3. The third-order valence-electron chi connectivity index (χ3n) is 5.90. The maximum absolute atomic E-state index is 13.5. The average molecular weight is 325 g/mol. The van der Waals surface area contributed by atoms with Crippen molar-refractivity contribution >= 4 is 5.91 Å². The molecule has 7 heteroatoms. The number of carbonyl (C=O) groups excluding carboxylic acids is 1. The molecule has 1 aliphatic heterocycles. The van der Waals surface area contributed by atoms with Crippen LogP contribution >= 0.6 is 0 Å². The minimum absolute atomic E-state index is 0.0201. The number of nitrogens with zero attached hydrogens (tertiary/aromatic N) is 3. The molecule has 1 amide bonds. The molecule has 0 unspecified atom stereocenters. The quantitative estimate of drug-likeness (QED) is 0.838. The van der Waals surface area contributed by atoms with Gasteiger partial charge in [-0.1, -0.05) is 12.1 Å². The summed E-state index contributed by atoms with van der Waals surface area (Å²) in [5.74, 6) is -2.15. The molecule has 2 aliphatic carbocycles. The Labute approximate surface area is 133 Å². The molecule has 0 N–H and O–H groups in total. The smallest absolute Gasteiger partial charge is 0.295 e. The maximum atomic E-state index is 13.5. The summed E-state index contributed by atoms with van der Waals surface area (Å²) in [5.41, 5.74) is -0.350. The lowest BCUT2D eigenvalue weighted by molar-refractivity contribution is -0.0123. The Balaban J connectivity index is 1.40. The number of hydrogen-bond donors (Lipinski definition) is 0. The predicted molar refractivity (Wildman–Crippen MR) is 77.3 cm³/mol. The minimum atomic E-state index is -2.53. The molecule has 3 fully saturated rings. The van der Waals surface area contributed by atoms with Crippen LogP contribution in [-0.2, 0) is 5.41 Å². The molecule has 1 saturated heterocycles. The van der Waals surface area contributed by atoms with Gasteiger partial charge in [-0.25, -0.2) is 8.78 Å². The van der Waals surface area contributed by atoms with Gasteiger partial charge in [-0.3, -0.25) is 4.79 Å². The van der Waals surface area contributed by atoms with Gasteiger partial charge < -0.3 is 9.42 Å². The summed E-state index contributed by atoms with van der Waals surface area (Å²) in [6.07, 6.45) is 3.78. The zero-order chi connectivity index (χ0) is 16.3. The van der Waals surface area contributed by atoms with Crippen molar-refractivity contribution in [1.29, 1.82) is 0 Å². The SMILES string of the molecule is CC1(c2nc(C(=O)N3CCC4(CC3)CCC(F)(F)C4)no2)CC1. The number of rotatable bonds is 2. The second kappa shape index (κ2) is 4.74. The number of aromatic nitrogens is 2. The summed E-state index contributed by atoms with van der Waals surface area (Å²) < 4.78 is 32.2. The van der Waals surface area contributed by atoms with Crippen LogP contribution in [0.3, 0.4) is 0 Å². The Morgan fingerprint density at radius 1 is 1.13 bits per heavy atom. The molecule has 1 aromatic rings. The van der Waals surface area contributed by atoms with Crippen molar-refractivity contribution in [3.8, 4) is 0 Å². The largest absolute Gasteiger partial charge is 0.338 e. The van der Waals surface area contributed by atoms with Crippen LogP contribution in [0.1, 0.15) is 68.4 Å². The van der Waals surface area contributed by atoms with Crippen LogP contribution in [0.25, 0.3) is 0 Å². The Kier molecular flexibility index (Phi) is 3.09. The van der Waals surface area contributed by atoms with Crippen molar-refractivity contribution in [3.63, 3.8) is 0 Å². The highest BCUT2D eigenvalue weighted by molar-refractivity contribution is 5.90. The third kappa shape index (κ3) is 2.64. The van der Waals surface area contributed by atoms with Crippen molar-refractivity contribution in [2.45, 2.75) is 63.2 Å². The zero-order valence-corrected chi connectivity index (χ0v) is 13.3. The Morgan fingerprint density at radius 2 is 1.83 bits per heavy atom. The number of hydrogen-bond acceptors (Lipinski definition) is 4. The molecule has 23 heavy (non-hydrogen) atoms. The van der Waals surface area contributed by atoms with Gasteiger partial charge in [0, 0.05) is 31.3 Å². The highest BCUT2D eigenvalue weighted by atomic mass is 19.3. The molecule has 3 aliphatic rings. The van der Waals surface area contributed by atoms with E-state index < -0.39 is 5.92 Å². The van der Waals surface area contributed by atoms with Gasteiger partial charge in [-0.2, -0.15) is 4.98 Å². The van der Waals surface area contributed by atoms with Gasteiger partial charge in [0.15, 0.2) is 0 Å². The molecule has 2 saturated carbocycles. The van der Waals surface area contributed by atoms with Crippen LogP contribution < -0.4 is 0 Å². The molecule has 0 bridgehead atoms. The lowest BCUT2D eigenvalue weighted by Crippen LogP contribution is -2.43. The number of alkyl halides is 2. The van der Waals surface area contributed by atoms with Crippen LogP contribution in [0.4, 0.5) is 8.78 Å². The van der Waals surface area contributed by atoms with Gasteiger partial charge in [0.05, 0.1) is 0 Å². The van der Waals surface area contributed by atoms with Crippen molar-refractivity contribution in [2.75, 3.05) is 13.1 Å². The molecule has 2 heterocycles. The summed E-state index contributed by atoms with van der Waals surface area (Å²) in [4.78, 5) is 18.4. The van der Waals surface area contributed by atoms with Crippen molar-refractivity contribution in [3.05, 3.63) is 11.7 Å². The van der Waals surface area contributed by atoms with Crippen LogP contribution in [0.15, 0.2) is 4.52 Å².